The van der Waals surface area contributed by atoms with E-state index in [0.29, 0.717) is 24.1 Å². The van der Waals surface area contributed by atoms with E-state index in [4.69, 9.17) is 0 Å². The zero-order valence-electron chi connectivity index (χ0n) is 16.8. The Hall–Kier alpha value is -1.73. The van der Waals surface area contributed by atoms with E-state index < -0.39 is 0 Å². The van der Waals surface area contributed by atoms with Gasteiger partial charge in [-0.25, -0.2) is 4.98 Å². The number of hydrogen-bond acceptors (Lipinski definition) is 5. The zero-order valence-corrected chi connectivity index (χ0v) is 18.4. The number of nitrogens with zero attached hydrogens (tertiary/aromatic N) is 2. The Labute approximate surface area is 180 Å². The van der Waals surface area contributed by atoms with Gasteiger partial charge in [0.1, 0.15) is 5.69 Å². The summed E-state index contributed by atoms with van der Waals surface area (Å²) in [6.45, 7) is 2.28. The first-order valence-electron chi connectivity index (χ1n) is 10.8. The number of rotatable bonds is 6. The average molecular weight is 432 g/mol. The van der Waals surface area contributed by atoms with Gasteiger partial charge in [-0.15, -0.1) is 22.7 Å². The van der Waals surface area contributed by atoms with Gasteiger partial charge in [-0.05, 0) is 43.6 Å². The summed E-state index contributed by atoms with van der Waals surface area (Å²) < 4.78 is 0. The van der Waals surface area contributed by atoms with Crippen LogP contribution in [-0.2, 0) is 11.2 Å². The van der Waals surface area contributed by atoms with Crippen molar-refractivity contribution in [2.75, 3.05) is 19.6 Å². The maximum atomic E-state index is 12.7. The fraction of sp³-hybridized carbons (Fsp3) is 0.591. The Morgan fingerprint density at radius 2 is 1.90 bits per heavy atom. The lowest BCUT2D eigenvalue weighted by Crippen LogP contribution is -2.41. The van der Waals surface area contributed by atoms with Gasteiger partial charge in [0, 0.05) is 41.7 Å². The largest absolute Gasteiger partial charge is 0.350 e. The number of carbonyl (C=O) groups is 2. The molecule has 3 heterocycles. The van der Waals surface area contributed by atoms with Crippen LogP contribution in [0.1, 0.15) is 71.2 Å². The van der Waals surface area contributed by atoms with Gasteiger partial charge >= 0.3 is 0 Å². The Morgan fingerprint density at radius 1 is 1.10 bits per heavy atom. The number of nitrogens with one attached hydrogen (secondary N) is 1. The number of carbonyl (C=O) groups excluding carboxylic acids is 2. The number of thiophene rings is 1. The quantitative estimate of drug-likeness (QED) is 0.734. The number of hydrogen-bond donors (Lipinski definition) is 1. The summed E-state index contributed by atoms with van der Waals surface area (Å²) in [6, 6.07) is 4.12. The Kier molecular flexibility index (Phi) is 6.98. The maximum absolute atomic E-state index is 12.7. The zero-order chi connectivity index (χ0) is 20.1. The van der Waals surface area contributed by atoms with Crippen LogP contribution in [0, 0.1) is 5.92 Å². The van der Waals surface area contributed by atoms with Crippen molar-refractivity contribution in [3.8, 4) is 0 Å². The maximum Gasteiger partial charge on any atom is 0.270 e. The highest BCUT2D eigenvalue weighted by molar-refractivity contribution is 7.10. The molecule has 1 saturated heterocycles. The second-order valence-corrected chi connectivity index (χ2v) is 10.0. The van der Waals surface area contributed by atoms with Crippen LogP contribution < -0.4 is 5.32 Å². The minimum absolute atomic E-state index is 0.0889. The predicted molar refractivity (Wildman–Crippen MR) is 118 cm³/mol. The number of thiazole rings is 1. The lowest BCUT2D eigenvalue weighted by atomic mass is 9.87. The molecule has 0 atom stereocenters. The standard InChI is InChI=1S/C22H29N3O2S2/c26-20(23-11-8-18-7-4-14-28-18)19-15-29-21(24-19)16-9-12-25(13-10-16)22(27)17-5-2-1-3-6-17/h4,7,14-17H,1-3,5-6,8-13H2,(H,23,26). The third kappa shape index (κ3) is 5.25. The van der Waals surface area contributed by atoms with Crippen molar-refractivity contribution < 1.29 is 9.59 Å². The molecule has 1 N–H and O–H groups in total. The Bertz CT molecular complexity index is 804. The fourth-order valence-corrected chi connectivity index (χ4v) is 6.06. The van der Waals surface area contributed by atoms with Gasteiger partial charge in [0.2, 0.25) is 5.91 Å². The third-order valence-electron chi connectivity index (χ3n) is 6.10. The number of likely N-dealkylation sites (tertiary alicyclic amines) is 1. The van der Waals surface area contributed by atoms with E-state index in [9.17, 15) is 9.59 Å². The van der Waals surface area contributed by atoms with Gasteiger partial charge in [-0.3, -0.25) is 9.59 Å². The second-order valence-electron chi connectivity index (χ2n) is 8.09. The molecule has 2 aromatic rings. The van der Waals surface area contributed by atoms with Gasteiger partial charge in [0.05, 0.1) is 5.01 Å². The molecule has 1 aliphatic heterocycles. The molecule has 1 saturated carbocycles. The fourth-order valence-electron chi connectivity index (χ4n) is 4.38. The molecule has 0 unspecified atom stereocenters. The van der Waals surface area contributed by atoms with Crippen molar-refractivity contribution in [1.82, 2.24) is 15.2 Å². The Morgan fingerprint density at radius 3 is 2.62 bits per heavy atom. The lowest BCUT2D eigenvalue weighted by Gasteiger charge is -2.34. The summed E-state index contributed by atoms with van der Waals surface area (Å²) in [7, 11) is 0. The molecule has 0 aromatic carbocycles. The van der Waals surface area contributed by atoms with Crippen molar-refractivity contribution >= 4 is 34.5 Å². The molecule has 2 aromatic heterocycles. The summed E-state index contributed by atoms with van der Waals surface area (Å²) in [5.41, 5.74) is 0.525. The SMILES string of the molecule is O=C(NCCc1cccs1)c1csc(C2CCN(C(=O)C3CCCCC3)CC2)n1. The highest BCUT2D eigenvalue weighted by Crippen LogP contribution is 2.32. The van der Waals surface area contributed by atoms with E-state index in [0.717, 1.165) is 50.2 Å². The molecule has 0 bridgehead atoms. The molecule has 2 amide bonds. The molecule has 5 nitrogen and oxygen atoms in total. The van der Waals surface area contributed by atoms with Gasteiger partial charge in [-0.1, -0.05) is 25.3 Å². The van der Waals surface area contributed by atoms with Gasteiger partial charge in [0.15, 0.2) is 0 Å². The van der Waals surface area contributed by atoms with Crippen LogP contribution in [0.4, 0.5) is 0 Å². The van der Waals surface area contributed by atoms with Crippen LogP contribution >= 0.6 is 22.7 Å². The molecule has 29 heavy (non-hydrogen) atoms. The molecule has 0 radical (unpaired) electrons. The van der Waals surface area contributed by atoms with Crippen LogP contribution in [0.25, 0.3) is 0 Å². The van der Waals surface area contributed by atoms with Gasteiger partial charge in [-0.2, -0.15) is 0 Å². The molecular weight excluding hydrogens is 402 g/mol. The van der Waals surface area contributed by atoms with Crippen LogP contribution in [0.15, 0.2) is 22.9 Å². The van der Waals surface area contributed by atoms with E-state index in [1.54, 1.807) is 22.7 Å². The van der Waals surface area contributed by atoms with E-state index in [-0.39, 0.29) is 11.8 Å². The summed E-state index contributed by atoms with van der Waals surface area (Å²) in [6.07, 6.45) is 8.56. The normalized spacial score (nSPS) is 18.7. The molecule has 156 valence electrons. The lowest BCUT2D eigenvalue weighted by molar-refractivity contribution is -0.137. The van der Waals surface area contributed by atoms with Gasteiger partial charge < -0.3 is 10.2 Å². The van der Waals surface area contributed by atoms with Gasteiger partial charge in [0.25, 0.3) is 5.91 Å². The van der Waals surface area contributed by atoms with Crippen LogP contribution in [-0.4, -0.2) is 41.3 Å². The molecule has 7 heteroatoms. The molecule has 0 spiro atoms. The first kappa shape index (κ1) is 20.5. The highest BCUT2D eigenvalue weighted by atomic mass is 32.1. The molecule has 1 aliphatic carbocycles. The van der Waals surface area contributed by atoms with Crippen molar-refractivity contribution in [1.29, 1.82) is 0 Å². The minimum Gasteiger partial charge on any atom is -0.350 e. The van der Waals surface area contributed by atoms with E-state index >= 15 is 0 Å². The first-order valence-corrected chi connectivity index (χ1v) is 12.5. The van der Waals surface area contributed by atoms with Crippen molar-refractivity contribution in [3.05, 3.63) is 38.5 Å². The summed E-state index contributed by atoms with van der Waals surface area (Å²) in [4.78, 5) is 33.1. The van der Waals surface area contributed by atoms with E-state index in [2.05, 4.69) is 26.6 Å². The van der Waals surface area contributed by atoms with Crippen LogP contribution in [0.3, 0.4) is 0 Å². The summed E-state index contributed by atoms with van der Waals surface area (Å²) in [5.74, 6) is 0.898. The summed E-state index contributed by atoms with van der Waals surface area (Å²) in [5, 5.41) is 7.93. The minimum atomic E-state index is -0.0889. The Balaban J connectivity index is 1.24. The topological polar surface area (TPSA) is 62.3 Å². The number of amides is 2. The number of piperidine rings is 1. The summed E-state index contributed by atoms with van der Waals surface area (Å²) >= 11 is 3.29. The third-order valence-corrected chi connectivity index (χ3v) is 8.05. The first-order chi connectivity index (χ1) is 14.2. The smallest absolute Gasteiger partial charge is 0.270 e. The van der Waals surface area contributed by atoms with Crippen molar-refractivity contribution in [2.24, 2.45) is 5.92 Å². The van der Waals surface area contributed by atoms with Crippen LogP contribution in [0.5, 0.6) is 0 Å². The van der Waals surface area contributed by atoms with E-state index in [1.165, 1.54) is 24.1 Å². The second kappa shape index (κ2) is 9.85. The molecular formula is C22H29N3O2S2. The monoisotopic (exact) mass is 431 g/mol. The molecule has 4 rings (SSSR count). The van der Waals surface area contributed by atoms with E-state index in [1.807, 2.05) is 11.4 Å². The average Bonchev–Trinajstić information content (AvgIpc) is 3.46. The highest BCUT2D eigenvalue weighted by Gasteiger charge is 2.30. The van der Waals surface area contributed by atoms with Crippen LogP contribution in [0.2, 0.25) is 0 Å². The predicted octanol–water partition coefficient (Wildman–Crippen LogP) is 4.46. The number of aromatic nitrogens is 1. The molecule has 2 aliphatic rings. The van der Waals surface area contributed by atoms with Crippen molar-refractivity contribution in [2.45, 2.75) is 57.3 Å². The van der Waals surface area contributed by atoms with Crippen molar-refractivity contribution in [3.63, 3.8) is 0 Å². The molecule has 2 fully saturated rings.